The van der Waals surface area contributed by atoms with Crippen LogP contribution in [0.25, 0.3) is 22.4 Å². The van der Waals surface area contributed by atoms with E-state index in [9.17, 15) is 0 Å². The number of rotatable bonds is 3. The highest BCUT2D eigenvalue weighted by Crippen LogP contribution is 2.29. The van der Waals surface area contributed by atoms with Gasteiger partial charge in [-0.15, -0.1) is 0 Å². The summed E-state index contributed by atoms with van der Waals surface area (Å²) < 4.78 is 1.83. The van der Waals surface area contributed by atoms with Gasteiger partial charge in [-0.3, -0.25) is 4.84 Å². The molecule has 1 aromatic rings. The zero-order valence-electron chi connectivity index (χ0n) is 10.9. The van der Waals surface area contributed by atoms with Gasteiger partial charge in [0.05, 0.1) is 5.56 Å². The van der Waals surface area contributed by atoms with Crippen molar-refractivity contribution in [1.29, 1.82) is 0 Å². The first-order valence-corrected chi connectivity index (χ1v) is 6.51. The molecule has 0 bridgehead atoms. The van der Waals surface area contributed by atoms with Gasteiger partial charge < -0.3 is 0 Å². The third kappa shape index (κ3) is 2.29. The van der Waals surface area contributed by atoms with Crippen molar-refractivity contribution in [3.05, 3.63) is 66.9 Å². The second kappa shape index (κ2) is 5.11. The minimum Gasteiger partial charge on any atom is -0.271 e. The van der Waals surface area contributed by atoms with E-state index in [4.69, 9.17) is 4.84 Å². The van der Waals surface area contributed by atoms with Gasteiger partial charge in [-0.1, -0.05) is 30.3 Å². The molecule has 0 N–H and O–H groups in total. The van der Waals surface area contributed by atoms with Crippen molar-refractivity contribution >= 4 is 0 Å². The Balaban J connectivity index is 2.13. The molecular weight excluding hydrogens is 234 g/mol. The Morgan fingerprint density at radius 3 is 2.21 bits per heavy atom. The SMILES string of the molecule is CCO[n+]1ccccc1-c1cc2cccccc-2c1. The number of hydrogen-bond donors (Lipinski definition) is 0. The highest BCUT2D eigenvalue weighted by Gasteiger charge is 2.17. The molecule has 0 fully saturated rings. The molecule has 0 spiro atoms. The van der Waals surface area contributed by atoms with Gasteiger partial charge in [-0.2, -0.15) is 0 Å². The van der Waals surface area contributed by atoms with Crippen molar-refractivity contribution in [3.63, 3.8) is 0 Å². The first-order valence-electron chi connectivity index (χ1n) is 6.51. The average molecular weight is 250 g/mol. The molecular formula is C17H16NO+. The van der Waals surface area contributed by atoms with Crippen LogP contribution < -0.4 is 9.57 Å². The van der Waals surface area contributed by atoms with Crippen LogP contribution in [-0.4, -0.2) is 6.61 Å². The van der Waals surface area contributed by atoms with E-state index in [1.54, 1.807) is 0 Å². The number of hydrogen-bond acceptors (Lipinski definition) is 1. The quantitative estimate of drug-likeness (QED) is 0.651. The molecule has 3 rings (SSSR count). The molecule has 0 unspecified atom stereocenters. The molecule has 0 amide bonds. The molecule has 2 aliphatic rings. The van der Waals surface area contributed by atoms with Gasteiger partial charge in [0.1, 0.15) is 0 Å². The van der Waals surface area contributed by atoms with Crippen LogP contribution in [0, 0.1) is 0 Å². The molecule has 0 radical (unpaired) electrons. The second-order valence-corrected chi connectivity index (χ2v) is 4.39. The van der Waals surface area contributed by atoms with Gasteiger partial charge in [0.2, 0.25) is 6.20 Å². The lowest BCUT2D eigenvalue weighted by Crippen LogP contribution is -2.44. The van der Waals surface area contributed by atoms with E-state index in [1.165, 1.54) is 16.7 Å². The molecule has 2 heteroatoms. The second-order valence-electron chi connectivity index (χ2n) is 4.39. The molecule has 94 valence electrons. The third-order valence-electron chi connectivity index (χ3n) is 3.12. The fourth-order valence-electron chi connectivity index (χ4n) is 2.27. The van der Waals surface area contributed by atoms with Crippen molar-refractivity contribution in [3.8, 4) is 22.4 Å². The number of pyridine rings is 1. The molecule has 0 aromatic carbocycles. The van der Waals surface area contributed by atoms with E-state index in [2.05, 4.69) is 42.5 Å². The summed E-state index contributed by atoms with van der Waals surface area (Å²) in [5.74, 6) is 0. The van der Waals surface area contributed by atoms with Gasteiger partial charge in [-0.25, -0.2) is 0 Å². The molecule has 1 heterocycles. The molecule has 0 aliphatic heterocycles. The predicted octanol–water partition coefficient (Wildman–Crippen LogP) is 3.19. The third-order valence-corrected chi connectivity index (χ3v) is 3.12. The van der Waals surface area contributed by atoms with E-state index < -0.39 is 0 Å². The summed E-state index contributed by atoms with van der Waals surface area (Å²) in [6.45, 7) is 2.64. The number of aromatic nitrogens is 1. The largest absolute Gasteiger partial charge is 0.271 e. The summed E-state index contributed by atoms with van der Waals surface area (Å²) in [6.07, 6.45) is 1.94. The van der Waals surface area contributed by atoms with Crippen LogP contribution in [0.3, 0.4) is 0 Å². The fourth-order valence-corrected chi connectivity index (χ4v) is 2.27. The topological polar surface area (TPSA) is 13.1 Å². The Kier molecular flexibility index (Phi) is 3.15. The van der Waals surface area contributed by atoms with E-state index in [1.807, 2.05) is 36.1 Å². The summed E-state index contributed by atoms with van der Waals surface area (Å²) >= 11 is 0. The highest BCUT2D eigenvalue weighted by molar-refractivity contribution is 5.77. The molecule has 19 heavy (non-hydrogen) atoms. The monoisotopic (exact) mass is 250 g/mol. The molecule has 0 saturated carbocycles. The normalized spacial score (nSPS) is 10.6. The van der Waals surface area contributed by atoms with Crippen LogP contribution in [0.1, 0.15) is 6.92 Å². The van der Waals surface area contributed by atoms with Crippen LogP contribution >= 0.6 is 0 Å². The first kappa shape index (κ1) is 11.7. The molecule has 0 saturated heterocycles. The Hall–Kier alpha value is -2.35. The summed E-state index contributed by atoms with van der Waals surface area (Å²) in [6, 6.07) is 20.9. The molecule has 0 atom stereocenters. The van der Waals surface area contributed by atoms with E-state index in [0.29, 0.717) is 6.61 Å². The average Bonchev–Trinajstić information content (AvgIpc) is 2.71. The summed E-state index contributed by atoms with van der Waals surface area (Å²) in [5.41, 5.74) is 4.73. The maximum Gasteiger partial charge on any atom is 0.264 e. The van der Waals surface area contributed by atoms with Crippen LogP contribution in [0.15, 0.2) is 66.9 Å². The molecule has 2 aliphatic carbocycles. The Bertz CT molecular complexity index is 632. The lowest BCUT2D eigenvalue weighted by molar-refractivity contribution is -0.882. The van der Waals surface area contributed by atoms with Crippen LogP contribution in [0.5, 0.6) is 0 Å². The van der Waals surface area contributed by atoms with E-state index in [-0.39, 0.29) is 0 Å². The van der Waals surface area contributed by atoms with E-state index in [0.717, 1.165) is 5.69 Å². The highest BCUT2D eigenvalue weighted by atomic mass is 16.7. The van der Waals surface area contributed by atoms with Gasteiger partial charge in [0.15, 0.2) is 6.61 Å². The summed E-state index contributed by atoms with van der Waals surface area (Å²) in [7, 11) is 0. The number of fused-ring (bicyclic) bond motifs is 1. The van der Waals surface area contributed by atoms with E-state index >= 15 is 0 Å². The minimum atomic E-state index is 0.650. The summed E-state index contributed by atoms with van der Waals surface area (Å²) in [4.78, 5) is 5.62. The zero-order valence-corrected chi connectivity index (χ0v) is 10.9. The van der Waals surface area contributed by atoms with Gasteiger partial charge in [0, 0.05) is 16.9 Å². The first-order chi connectivity index (χ1) is 9.38. The number of nitrogens with zero attached hydrogens (tertiary/aromatic N) is 1. The van der Waals surface area contributed by atoms with Gasteiger partial charge in [-0.05, 0) is 36.2 Å². The van der Waals surface area contributed by atoms with Crippen molar-refractivity contribution in [2.75, 3.05) is 6.61 Å². The van der Waals surface area contributed by atoms with Crippen LogP contribution in [0.4, 0.5) is 0 Å². The van der Waals surface area contributed by atoms with Gasteiger partial charge in [0.25, 0.3) is 5.69 Å². The Morgan fingerprint density at radius 1 is 0.842 bits per heavy atom. The standard InChI is InChI=1S/C17H16NO/c1-2-19-18-11-7-6-10-17(18)16-12-14-8-4-3-5-9-15(14)13-16/h3-13H,2H2,1H3/q+1. The maximum atomic E-state index is 5.62. The maximum absolute atomic E-state index is 5.62. The molecule has 2 nitrogen and oxygen atoms in total. The van der Waals surface area contributed by atoms with Crippen molar-refractivity contribution < 1.29 is 9.57 Å². The Morgan fingerprint density at radius 2 is 1.53 bits per heavy atom. The van der Waals surface area contributed by atoms with Crippen LogP contribution in [0.2, 0.25) is 0 Å². The Labute approximate surface area is 113 Å². The van der Waals surface area contributed by atoms with Crippen molar-refractivity contribution in [2.24, 2.45) is 0 Å². The predicted molar refractivity (Wildman–Crippen MR) is 75.8 cm³/mol. The summed E-state index contributed by atoms with van der Waals surface area (Å²) in [5, 5.41) is 0. The zero-order chi connectivity index (χ0) is 13.1. The fraction of sp³-hybridized carbons (Fsp3) is 0.118. The van der Waals surface area contributed by atoms with Crippen molar-refractivity contribution in [1.82, 2.24) is 0 Å². The minimum absolute atomic E-state index is 0.650. The van der Waals surface area contributed by atoms with Gasteiger partial charge >= 0.3 is 0 Å². The smallest absolute Gasteiger partial charge is 0.264 e. The van der Waals surface area contributed by atoms with Crippen molar-refractivity contribution in [2.45, 2.75) is 6.92 Å². The van der Waals surface area contributed by atoms with Crippen LogP contribution in [-0.2, 0) is 0 Å². The lowest BCUT2D eigenvalue weighted by atomic mass is 10.2. The lowest BCUT2D eigenvalue weighted by Gasteiger charge is -1.98. The molecule has 1 aromatic heterocycles.